The molecule has 0 aliphatic carbocycles. The molecule has 0 saturated heterocycles. The Bertz CT molecular complexity index is 1660. The summed E-state index contributed by atoms with van der Waals surface area (Å²) in [6.45, 7) is 6.28. The van der Waals surface area contributed by atoms with Gasteiger partial charge in [0.2, 0.25) is 5.69 Å². The number of aromatic nitrogens is 2. The minimum atomic E-state index is -4.94. The van der Waals surface area contributed by atoms with Gasteiger partial charge in [-0.05, 0) is 60.9 Å². The molecule has 0 aliphatic heterocycles. The maximum absolute atomic E-state index is 8.49. The summed E-state index contributed by atoms with van der Waals surface area (Å²) in [4.78, 5) is 4.21. The number of hydrogen-bond donors (Lipinski definition) is 0. The van der Waals surface area contributed by atoms with E-state index >= 15 is 0 Å². The molecule has 0 fully saturated rings. The van der Waals surface area contributed by atoms with Crippen LogP contribution in [0.3, 0.4) is 0 Å². The Morgan fingerprint density at radius 3 is 1.19 bits per heavy atom. The van der Waals surface area contributed by atoms with Crippen molar-refractivity contribution in [2.45, 2.75) is 26.9 Å². The van der Waals surface area contributed by atoms with E-state index in [0.717, 1.165) is 13.1 Å². The summed E-state index contributed by atoms with van der Waals surface area (Å²) in [7, 11) is -1.68. The van der Waals surface area contributed by atoms with E-state index in [-0.39, 0.29) is 0 Å². The molecular weight excluding hydrogens is 711 g/mol. The summed E-state index contributed by atoms with van der Waals surface area (Å²) in [5.41, 5.74) is 7.29. The molecule has 280 valence electrons. The highest BCUT2D eigenvalue weighted by Crippen LogP contribution is 2.14. The van der Waals surface area contributed by atoms with Crippen LogP contribution in [0.25, 0.3) is 24.3 Å². The Hall–Kier alpha value is -4.44. The quantitative estimate of drug-likeness (QED) is 0.130. The lowest BCUT2D eigenvalue weighted by atomic mass is 10.2. The maximum atomic E-state index is 8.49. The standard InChI is InChI=1S/2C19H23N2.2ClHO4/c1-4-21-16-8-7-11-19(21)10-6-5-9-17-12-14-18(15-13-17)20(2)3;1-4-21-15-13-18(14-16-21)8-6-5-7-17-9-11-19(12-10-17)20(2)3;2*2-1(3,4)5/h2*5-16H,4H2,1-3H3;2*(H,2,3,4,5)/q2*+1;;/p-2. The zero-order chi connectivity index (χ0) is 39.2. The van der Waals surface area contributed by atoms with Crippen molar-refractivity contribution in [3.8, 4) is 0 Å². The van der Waals surface area contributed by atoms with Gasteiger partial charge in [0.1, 0.15) is 13.1 Å². The van der Waals surface area contributed by atoms with Crippen LogP contribution in [0.2, 0.25) is 0 Å². The molecule has 4 aromatic rings. The molecule has 0 atom stereocenters. The fraction of sp³-hybridized carbons (Fsp3) is 0.211. The van der Waals surface area contributed by atoms with Crippen molar-refractivity contribution in [2.75, 3.05) is 38.0 Å². The van der Waals surface area contributed by atoms with Crippen molar-refractivity contribution >= 4 is 35.7 Å². The van der Waals surface area contributed by atoms with Crippen LogP contribution >= 0.6 is 0 Å². The van der Waals surface area contributed by atoms with E-state index in [4.69, 9.17) is 37.3 Å². The van der Waals surface area contributed by atoms with Crippen molar-refractivity contribution in [1.29, 1.82) is 0 Å². The maximum Gasteiger partial charge on any atom is 0.205 e. The number of allylic oxidation sites excluding steroid dienone is 4. The van der Waals surface area contributed by atoms with Crippen LogP contribution in [-0.4, -0.2) is 28.2 Å². The molecule has 2 heterocycles. The SMILES string of the molecule is CC[n+]1ccc(C=CC=Cc2ccc(N(C)C)cc2)cc1.CC[n+]1ccccc1C=CC=Cc1ccc(N(C)C)cc1.[O-][Cl+3]([O-])([O-])[O-].[O-][Cl+3]([O-])([O-])[O-]. The first-order chi connectivity index (χ1) is 24.4. The monoisotopic (exact) mass is 756 g/mol. The minimum Gasteiger partial charge on any atom is -0.378 e. The number of aryl methyl sites for hydroxylation is 2. The zero-order valence-corrected chi connectivity index (χ0v) is 31.6. The summed E-state index contributed by atoms with van der Waals surface area (Å²) in [5.74, 6) is 0. The summed E-state index contributed by atoms with van der Waals surface area (Å²) in [6.07, 6.45) is 23.1. The van der Waals surface area contributed by atoms with Gasteiger partial charge < -0.3 is 9.80 Å². The zero-order valence-electron chi connectivity index (χ0n) is 30.1. The third-order valence-electron chi connectivity index (χ3n) is 6.77. The van der Waals surface area contributed by atoms with Gasteiger partial charge in [-0.2, -0.15) is 4.57 Å². The van der Waals surface area contributed by atoms with Crippen molar-refractivity contribution in [3.63, 3.8) is 0 Å². The third-order valence-corrected chi connectivity index (χ3v) is 6.77. The van der Waals surface area contributed by atoms with Gasteiger partial charge >= 0.3 is 0 Å². The molecule has 52 heavy (non-hydrogen) atoms. The van der Waals surface area contributed by atoms with Gasteiger partial charge in [0.15, 0.2) is 18.6 Å². The number of pyridine rings is 2. The van der Waals surface area contributed by atoms with Gasteiger partial charge in [0, 0.05) is 69.9 Å². The molecule has 14 heteroatoms. The average molecular weight is 758 g/mol. The Morgan fingerprint density at radius 2 is 0.846 bits per heavy atom. The lowest BCUT2D eigenvalue weighted by Gasteiger charge is -2.17. The van der Waals surface area contributed by atoms with Gasteiger partial charge in [0.05, 0.1) is 0 Å². The van der Waals surface area contributed by atoms with Gasteiger partial charge in [0.25, 0.3) is 0 Å². The first-order valence-corrected chi connectivity index (χ1v) is 18.3. The van der Waals surface area contributed by atoms with Crippen molar-refractivity contribution in [3.05, 3.63) is 144 Å². The van der Waals surface area contributed by atoms with E-state index in [2.05, 4.69) is 207 Å². The minimum absolute atomic E-state index is 0.982. The van der Waals surface area contributed by atoms with Crippen LogP contribution in [0, 0.1) is 20.5 Å². The predicted octanol–water partition coefficient (Wildman–Crippen LogP) is -1.94. The van der Waals surface area contributed by atoms with E-state index < -0.39 is 20.5 Å². The van der Waals surface area contributed by atoms with Crippen LogP contribution in [0.1, 0.15) is 36.2 Å². The Morgan fingerprint density at radius 1 is 0.481 bits per heavy atom. The van der Waals surface area contributed by atoms with Crippen LogP contribution < -0.4 is 56.2 Å². The average Bonchev–Trinajstić information content (AvgIpc) is 3.08. The smallest absolute Gasteiger partial charge is 0.205 e. The van der Waals surface area contributed by atoms with Gasteiger partial charge in [-0.15, -0.1) is 20.5 Å². The molecule has 0 spiro atoms. The number of hydrogen-bond acceptors (Lipinski definition) is 10. The lowest BCUT2D eigenvalue weighted by Crippen LogP contribution is -2.68. The highest BCUT2D eigenvalue weighted by Gasteiger charge is 2.01. The van der Waals surface area contributed by atoms with Gasteiger partial charge in [-0.1, -0.05) is 66.8 Å². The highest BCUT2D eigenvalue weighted by atomic mass is 35.7. The first kappa shape index (κ1) is 45.6. The van der Waals surface area contributed by atoms with E-state index in [0.29, 0.717) is 0 Å². The van der Waals surface area contributed by atoms with E-state index in [1.165, 1.54) is 33.8 Å². The molecule has 0 radical (unpaired) electrons. The predicted molar refractivity (Wildman–Crippen MR) is 182 cm³/mol. The molecule has 0 saturated carbocycles. The van der Waals surface area contributed by atoms with Crippen LogP contribution in [0.5, 0.6) is 0 Å². The Balaban J connectivity index is 0.000000413. The molecule has 0 unspecified atom stereocenters. The molecule has 4 rings (SSSR count). The molecule has 0 aliphatic rings. The molecule has 0 bridgehead atoms. The topological polar surface area (TPSA) is 199 Å². The molecule has 2 aromatic heterocycles. The Labute approximate surface area is 310 Å². The summed E-state index contributed by atoms with van der Waals surface area (Å²) in [6, 6.07) is 27.5. The van der Waals surface area contributed by atoms with E-state index in [9.17, 15) is 0 Å². The number of anilines is 2. The number of rotatable bonds is 10. The van der Waals surface area contributed by atoms with Crippen molar-refractivity contribution in [2.24, 2.45) is 0 Å². The fourth-order valence-corrected chi connectivity index (χ4v) is 4.14. The van der Waals surface area contributed by atoms with Crippen LogP contribution in [0.4, 0.5) is 11.4 Å². The second kappa shape index (κ2) is 23.9. The van der Waals surface area contributed by atoms with E-state index in [1.807, 2.05) is 0 Å². The molecule has 2 aromatic carbocycles. The van der Waals surface area contributed by atoms with Crippen LogP contribution in [-0.2, 0) is 13.1 Å². The van der Waals surface area contributed by atoms with Gasteiger partial charge in [-0.3, -0.25) is 0 Å². The number of nitrogens with zero attached hydrogens (tertiary/aromatic N) is 4. The molecule has 0 N–H and O–H groups in total. The lowest BCUT2D eigenvalue weighted by molar-refractivity contribution is -2.00. The van der Waals surface area contributed by atoms with Crippen molar-refractivity contribution in [1.82, 2.24) is 0 Å². The number of halogens is 2. The molecular formula is C38H46Cl2N4O8. The first-order valence-electron chi connectivity index (χ1n) is 15.8. The van der Waals surface area contributed by atoms with Gasteiger partial charge in [-0.25, -0.2) is 41.8 Å². The third kappa shape index (κ3) is 23.1. The van der Waals surface area contributed by atoms with E-state index in [1.54, 1.807) is 0 Å². The fourth-order valence-electron chi connectivity index (χ4n) is 4.14. The molecule has 12 nitrogen and oxygen atoms in total. The second-order valence-corrected chi connectivity index (χ2v) is 12.5. The molecule has 0 amide bonds. The van der Waals surface area contributed by atoms with Crippen LogP contribution in [0.15, 0.2) is 122 Å². The number of benzene rings is 2. The highest BCUT2D eigenvalue weighted by molar-refractivity contribution is 5.60. The summed E-state index contributed by atoms with van der Waals surface area (Å²) >= 11 is 0. The summed E-state index contributed by atoms with van der Waals surface area (Å²) < 4.78 is 72.3. The second-order valence-electron chi connectivity index (χ2n) is 11.0. The Kier molecular flexibility index (Phi) is 21.0. The van der Waals surface area contributed by atoms with Crippen molar-refractivity contribution < 1.29 is 66.9 Å². The summed E-state index contributed by atoms with van der Waals surface area (Å²) in [5, 5.41) is 0. The normalized spacial score (nSPS) is 11.5. The largest absolute Gasteiger partial charge is 0.378 e.